The number of hydrogen-bond donors (Lipinski definition) is 0. The largest absolute Gasteiger partial charge is 0.496 e. The van der Waals surface area contributed by atoms with Gasteiger partial charge < -0.3 is 9.64 Å². The van der Waals surface area contributed by atoms with Crippen molar-refractivity contribution >= 4 is 17.2 Å². The van der Waals surface area contributed by atoms with Crippen molar-refractivity contribution < 1.29 is 9.53 Å². The zero-order valence-corrected chi connectivity index (χ0v) is 13.7. The van der Waals surface area contributed by atoms with E-state index in [4.69, 9.17) is 4.74 Å². The van der Waals surface area contributed by atoms with Crippen LogP contribution in [0.5, 0.6) is 5.75 Å². The second-order valence-corrected chi connectivity index (χ2v) is 5.75. The van der Waals surface area contributed by atoms with Gasteiger partial charge in [-0.25, -0.2) is 0 Å². The predicted molar refractivity (Wildman–Crippen MR) is 91.3 cm³/mol. The van der Waals surface area contributed by atoms with Crippen LogP contribution in [0.15, 0.2) is 48.5 Å². The van der Waals surface area contributed by atoms with Crippen molar-refractivity contribution in [3.8, 4) is 5.75 Å². The van der Waals surface area contributed by atoms with Gasteiger partial charge in [0.05, 0.1) is 18.4 Å². The smallest absolute Gasteiger partial charge is 0.165 e. The number of nitrogens with zero attached hydrogens (tertiary/aromatic N) is 1. The minimum absolute atomic E-state index is 0.0112. The minimum Gasteiger partial charge on any atom is -0.496 e. The monoisotopic (exact) mass is 297 g/mol. The number of benzene rings is 2. The van der Waals surface area contributed by atoms with Crippen molar-refractivity contribution in [1.29, 1.82) is 0 Å². The van der Waals surface area contributed by atoms with E-state index in [1.807, 2.05) is 36.4 Å². The van der Waals surface area contributed by atoms with Crippen molar-refractivity contribution in [2.24, 2.45) is 5.92 Å². The fourth-order valence-corrected chi connectivity index (χ4v) is 2.58. The Hall–Kier alpha value is -2.29. The Balaban J connectivity index is 2.59. The highest BCUT2D eigenvalue weighted by molar-refractivity contribution is 6.03. The van der Waals surface area contributed by atoms with Gasteiger partial charge in [0, 0.05) is 12.2 Å². The standard InChI is InChI=1S/C19H23NO2/c1-14(2)13-20(16-9-6-5-7-10-16)17-11-8-12-18(22-4)19(17)15(3)21/h5-12,14H,13H2,1-4H3. The maximum Gasteiger partial charge on any atom is 0.165 e. The van der Waals surface area contributed by atoms with Gasteiger partial charge in [-0.15, -0.1) is 0 Å². The second-order valence-electron chi connectivity index (χ2n) is 5.75. The van der Waals surface area contributed by atoms with Crippen LogP contribution in [0.2, 0.25) is 0 Å². The number of Topliss-reactive ketones (excluding diaryl/α,β-unsaturated/α-hetero) is 1. The Kier molecular flexibility index (Phi) is 5.21. The molecule has 0 spiro atoms. The molecule has 3 heteroatoms. The lowest BCUT2D eigenvalue weighted by Crippen LogP contribution is -2.24. The lowest BCUT2D eigenvalue weighted by molar-refractivity contribution is 0.101. The van der Waals surface area contributed by atoms with Crippen molar-refractivity contribution in [3.05, 3.63) is 54.1 Å². The normalized spacial score (nSPS) is 10.6. The number of ether oxygens (including phenoxy) is 1. The van der Waals surface area contributed by atoms with E-state index >= 15 is 0 Å². The molecule has 22 heavy (non-hydrogen) atoms. The summed E-state index contributed by atoms with van der Waals surface area (Å²) < 4.78 is 5.39. The average Bonchev–Trinajstić information content (AvgIpc) is 2.52. The number of hydrogen-bond acceptors (Lipinski definition) is 3. The van der Waals surface area contributed by atoms with Crippen molar-refractivity contribution in [2.75, 3.05) is 18.6 Å². The highest BCUT2D eigenvalue weighted by Gasteiger charge is 2.20. The van der Waals surface area contributed by atoms with E-state index in [1.165, 1.54) is 0 Å². The molecule has 116 valence electrons. The Bertz CT molecular complexity index is 635. The summed E-state index contributed by atoms with van der Waals surface area (Å²) in [4.78, 5) is 14.3. The van der Waals surface area contributed by atoms with E-state index in [9.17, 15) is 4.79 Å². The predicted octanol–water partition coefficient (Wildman–Crippen LogP) is 4.69. The van der Waals surface area contributed by atoms with Crippen molar-refractivity contribution in [1.82, 2.24) is 0 Å². The number of methoxy groups -OCH3 is 1. The molecule has 0 amide bonds. The third kappa shape index (κ3) is 3.48. The van der Waals surface area contributed by atoms with Crippen LogP contribution < -0.4 is 9.64 Å². The minimum atomic E-state index is 0.0112. The number of rotatable bonds is 6. The molecule has 0 bridgehead atoms. The Labute approximate surface area is 132 Å². The van der Waals surface area contributed by atoms with Crippen LogP contribution in [0.3, 0.4) is 0 Å². The molecule has 2 rings (SSSR count). The first kappa shape index (κ1) is 16.1. The molecule has 0 unspecified atom stereocenters. The summed E-state index contributed by atoms with van der Waals surface area (Å²) in [5.41, 5.74) is 2.60. The van der Waals surface area contributed by atoms with E-state index in [2.05, 4.69) is 30.9 Å². The number of ketones is 1. The van der Waals surface area contributed by atoms with Crippen molar-refractivity contribution in [3.63, 3.8) is 0 Å². The maximum absolute atomic E-state index is 12.2. The summed E-state index contributed by atoms with van der Waals surface area (Å²) in [5, 5.41) is 0. The molecular formula is C19H23NO2. The quantitative estimate of drug-likeness (QED) is 0.724. The Morgan fingerprint density at radius 1 is 1.09 bits per heavy atom. The maximum atomic E-state index is 12.2. The van der Waals surface area contributed by atoms with Gasteiger partial charge in [0.25, 0.3) is 0 Å². The second kappa shape index (κ2) is 7.12. The number of carbonyl (C=O) groups excluding carboxylic acids is 1. The lowest BCUT2D eigenvalue weighted by Gasteiger charge is -2.29. The highest BCUT2D eigenvalue weighted by atomic mass is 16.5. The first-order valence-corrected chi connectivity index (χ1v) is 7.55. The molecule has 0 atom stereocenters. The van der Waals surface area contributed by atoms with E-state index in [0.717, 1.165) is 17.9 Å². The van der Waals surface area contributed by atoms with E-state index < -0.39 is 0 Å². The SMILES string of the molecule is COc1cccc(N(CC(C)C)c2ccccc2)c1C(C)=O. The lowest BCUT2D eigenvalue weighted by atomic mass is 10.0. The number of anilines is 2. The Morgan fingerprint density at radius 2 is 1.77 bits per heavy atom. The summed E-state index contributed by atoms with van der Waals surface area (Å²) in [6, 6.07) is 15.9. The van der Waals surface area contributed by atoms with Crippen LogP contribution in [0.4, 0.5) is 11.4 Å². The highest BCUT2D eigenvalue weighted by Crippen LogP contribution is 2.34. The molecule has 0 fully saturated rings. The van der Waals surface area contributed by atoms with Crippen LogP contribution in [-0.4, -0.2) is 19.4 Å². The zero-order valence-electron chi connectivity index (χ0n) is 13.7. The summed E-state index contributed by atoms with van der Waals surface area (Å²) in [6.45, 7) is 6.75. The molecule has 0 aliphatic carbocycles. The van der Waals surface area contributed by atoms with E-state index in [0.29, 0.717) is 17.2 Å². The van der Waals surface area contributed by atoms with Crippen LogP contribution in [-0.2, 0) is 0 Å². The first-order chi connectivity index (χ1) is 10.5. The molecule has 3 nitrogen and oxygen atoms in total. The van der Waals surface area contributed by atoms with Crippen LogP contribution >= 0.6 is 0 Å². The third-order valence-electron chi connectivity index (χ3n) is 3.48. The first-order valence-electron chi connectivity index (χ1n) is 7.55. The molecule has 2 aromatic rings. The number of carbonyl (C=O) groups is 1. The zero-order chi connectivity index (χ0) is 16.1. The van der Waals surface area contributed by atoms with Gasteiger partial charge >= 0.3 is 0 Å². The van der Waals surface area contributed by atoms with E-state index in [1.54, 1.807) is 14.0 Å². The average molecular weight is 297 g/mol. The van der Waals surface area contributed by atoms with Crippen LogP contribution in [0.1, 0.15) is 31.1 Å². The van der Waals surface area contributed by atoms with Crippen LogP contribution in [0, 0.1) is 5.92 Å². The molecule has 0 saturated carbocycles. The van der Waals surface area contributed by atoms with Crippen LogP contribution in [0.25, 0.3) is 0 Å². The molecule has 0 aromatic heterocycles. The van der Waals surface area contributed by atoms with Gasteiger partial charge in [-0.05, 0) is 37.1 Å². The summed E-state index contributed by atoms with van der Waals surface area (Å²) in [5.74, 6) is 1.10. The molecule has 0 N–H and O–H groups in total. The van der Waals surface area contributed by atoms with Gasteiger partial charge in [-0.3, -0.25) is 4.79 Å². The number of para-hydroxylation sites is 1. The van der Waals surface area contributed by atoms with E-state index in [-0.39, 0.29) is 5.78 Å². The van der Waals surface area contributed by atoms with Gasteiger partial charge in [-0.1, -0.05) is 38.1 Å². The fourth-order valence-electron chi connectivity index (χ4n) is 2.58. The van der Waals surface area contributed by atoms with Gasteiger partial charge in [0.15, 0.2) is 5.78 Å². The molecular weight excluding hydrogens is 274 g/mol. The summed E-state index contributed by atoms with van der Waals surface area (Å²) >= 11 is 0. The topological polar surface area (TPSA) is 29.5 Å². The fraction of sp³-hybridized carbons (Fsp3) is 0.316. The Morgan fingerprint density at radius 3 is 2.32 bits per heavy atom. The molecule has 0 saturated heterocycles. The van der Waals surface area contributed by atoms with Crippen molar-refractivity contribution in [2.45, 2.75) is 20.8 Å². The molecule has 0 heterocycles. The van der Waals surface area contributed by atoms with Gasteiger partial charge in [0.1, 0.15) is 5.75 Å². The summed E-state index contributed by atoms with van der Waals surface area (Å²) in [7, 11) is 1.60. The van der Waals surface area contributed by atoms with Gasteiger partial charge in [-0.2, -0.15) is 0 Å². The molecule has 0 aliphatic heterocycles. The molecule has 0 aliphatic rings. The molecule has 0 radical (unpaired) electrons. The molecule has 2 aromatic carbocycles. The van der Waals surface area contributed by atoms with Gasteiger partial charge in [0.2, 0.25) is 0 Å². The summed E-state index contributed by atoms with van der Waals surface area (Å²) in [6.07, 6.45) is 0. The third-order valence-corrected chi connectivity index (χ3v) is 3.48.